The molecule has 0 aliphatic carbocycles. The highest BCUT2D eigenvalue weighted by Crippen LogP contribution is 2.33. The van der Waals surface area contributed by atoms with Gasteiger partial charge in [-0.25, -0.2) is 9.97 Å². The summed E-state index contributed by atoms with van der Waals surface area (Å²) in [5.41, 5.74) is 1.95. The van der Waals surface area contributed by atoms with Gasteiger partial charge < -0.3 is 15.0 Å². The molecule has 130 valence electrons. The highest BCUT2D eigenvalue weighted by atomic mass is 16.5. The molecular formula is C19H22N4O2. The van der Waals surface area contributed by atoms with E-state index in [1.54, 1.807) is 0 Å². The predicted molar refractivity (Wildman–Crippen MR) is 95.5 cm³/mol. The fraction of sp³-hybridized carbons (Fsp3) is 0.421. The molecule has 2 saturated heterocycles. The Bertz CT molecular complexity index is 735. The lowest BCUT2D eigenvalue weighted by Crippen LogP contribution is -2.45. The van der Waals surface area contributed by atoms with Crippen molar-refractivity contribution in [2.75, 3.05) is 23.3 Å². The maximum atomic E-state index is 12.6. The van der Waals surface area contributed by atoms with Crippen LogP contribution in [-0.4, -0.2) is 41.2 Å². The standard InChI is InChI=1S/C19H22N4O2/c1-2-13-9-20-19(21-10-13)23-11-15-8-16(17(12-23)25-15)18(24)22-14-6-4-3-5-7-14/h3-7,9-10,15-17H,2,8,11-12H2,1H3,(H,22,24)/t15-,16+,17-/m0/s1. The number of para-hydroxylation sites is 1. The number of anilines is 2. The first-order valence-corrected chi connectivity index (χ1v) is 8.80. The highest BCUT2D eigenvalue weighted by molar-refractivity contribution is 5.93. The Hall–Kier alpha value is -2.47. The summed E-state index contributed by atoms with van der Waals surface area (Å²) in [6.45, 7) is 3.47. The number of morpholine rings is 1. The molecule has 1 aromatic heterocycles. The van der Waals surface area contributed by atoms with Crippen molar-refractivity contribution in [2.24, 2.45) is 5.92 Å². The Morgan fingerprint density at radius 3 is 2.72 bits per heavy atom. The minimum absolute atomic E-state index is 0.0304. The van der Waals surface area contributed by atoms with Crippen LogP contribution in [0.3, 0.4) is 0 Å². The van der Waals surface area contributed by atoms with Gasteiger partial charge in [0.1, 0.15) is 0 Å². The van der Waals surface area contributed by atoms with Crippen LogP contribution < -0.4 is 10.2 Å². The molecule has 25 heavy (non-hydrogen) atoms. The number of nitrogens with zero attached hydrogens (tertiary/aromatic N) is 3. The molecular weight excluding hydrogens is 316 g/mol. The summed E-state index contributed by atoms with van der Waals surface area (Å²) >= 11 is 0. The van der Waals surface area contributed by atoms with Crippen molar-refractivity contribution in [3.05, 3.63) is 48.3 Å². The number of carbonyl (C=O) groups excluding carboxylic acids is 1. The van der Waals surface area contributed by atoms with Crippen molar-refractivity contribution in [2.45, 2.75) is 32.0 Å². The lowest BCUT2D eigenvalue weighted by atomic mass is 9.99. The van der Waals surface area contributed by atoms with Crippen LogP contribution in [0.1, 0.15) is 18.9 Å². The topological polar surface area (TPSA) is 67.4 Å². The van der Waals surface area contributed by atoms with Crippen molar-refractivity contribution < 1.29 is 9.53 Å². The summed E-state index contributed by atoms with van der Waals surface area (Å²) in [4.78, 5) is 23.7. The zero-order valence-electron chi connectivity index (χ0n) is 14.3. The zero-order valence-corrected chi connectivity index (χ0v) is 14.3. The summed E-state index contributed by atoms with van der Waals surface area (Å²) in [7, 11) is 0. The highest BCUT2D eigenvalue weighted by Gasteiger charge is 2.45. The van der Waals surface area contributed by atoms with Crippen molar-refractivity contribution in [3.8, 4) is 0 Å². The van der Waals surface area contributed by atoms with Crippen LogP contribution in [-0.2, 0) is 16.0 Å². The molecule has 2 aliphatic heterocycles. The number of hydrogen-bond acceptors (Lipinski definition) is 5. The fourth-order valence-corrected chi connectivity index (χ4v) is 3.55. The third kappa shape index (κ3) is 3.35. The van der Waals surface area contributed by atoms with Gasteiger partial charge in [-0.1, -0.05) is 25.1 Å². The third-order valence-corrected chi connectivity index (χ3v) is 4.92. The van der Waals surface area contributed by atoms with Crippen molar-refractivity contribution >= 4 is 17.5 Å². The van der Waals surface area contributed by atoms with E-state index in [1.165, 1.54) is 0 Å². The molecule has 1 aromatic carbocycles. The molecule has 1 amide bonds. The van der Waals surface area contributed by atoms with Crippen molar-refractivity contribution in [3.63, 3.8) is 0 Å². The number of hydrogen-bond donors (Lipinski definition) is 1. The Balaban J connectivity index is 1.44. The van der Waals surface area contributed by atoms with Crippen LogP contribution >= 0.6 is 0 Å². The number of aryl methyl sites for hydroxylation is 1. The van der Waals surface area contributed by atoms with Gasteiger partial charge in [-0.3, -0.25) is 4.79 Å². The van der Waals surface area contributed by atoms with Gasteiger partial charge in [0.2, 0.25) is 11.9 Å². The van der Waals surface area contributed by atoms with E-state index in [4.69, 9.17) is 4.74 Å². The molecule has 2 aliphatic rings. The predicted octanol–water partition coefficient (Wildman–Crippen LogP) is 2.27. The molecule has 3 atom stereocenters. The number of amides is 1. The Morgan fingerprint density at radius 1 is 1.24 bits per heavy atom. The van der Waals surface area contributed by atoms with Crippen LogP contribution in [0.25, 0.3) is 0 Å². The lowest BCUT2D eigenvalue weighted by Gasteiger charge is -2.32. The van der Waals surface area contributed by atoms with E-state index < -0.39 is 0 Å². The van der Waals surface area contributed by atoms with E-state index in [0.717, 1.165) is 36.6 Å². The maximum absolute atomic E-state index is 12.6. The summed E-state index contributed by atoms with van der Waals surface area (Å²) in [6, 6.07) is 9.56. The summed E-state index contributed by atoms with van der Waals surface area (Å²) < 4.78 is 6.01. The quantitative estimate of drug-likeness (QED) is 0.926. The normalized spacial score (nSPS) is 25.0. The molecule has 4 rings (SSSR count). The number of aromatic nitrogens is 2. The van der Waals surface area contributed by atoms with Gasteiger partial charge in [-0.05, 0) is 30.5 Å². The Kier molecular flexibility index (Phi) is 4.36. The monoisotopic (exact) mass is 338 g/mol. The van der Waals surface area contributed by atoms with Crippen molar-refractivity contribution in [1.82, 2.24) is 9.97 Å². The van der Waals surface area contributed by atoms with Gasteiger partial charge in [-0.2, -0.15) is 0 Å². The number of fused-ring (bicyclic) bond motifs is 2. The minimum Gasteiger partial charge on any atom is -0.370 e. The fourth-order valence-electron chi connectivity index (χ4n) is 3.55. The number of nitrogens with one attached hydrogen (secondary N) is 1. The van der Waals surface area contributed by atoms with Crippen LogP contribution in [0.5, 0.6) is 0 Å². The molecule has 0 saturated carbocycles. The summed E-state index contributed by atoms with van der Waals surface area (Å²) in [6.07, 6.45) is 5.36. The van der Waals surface area contributed by atoms with Gasteiger partial charge in [0, 0.05) is 31.2 Å². The average molecular weight is 338 g/mol. The maximum Gasteiger partial charge on any atom is 0.230 e. The van der Waals surface area contributed by atoms with Gasteiger partial charge >= 0.3 is 0 Å². The first-order valence-electron chi connectivity index (χ1n) is 8.80. The number of benzene rings is 1. The smallest absolute Gasteiger partial charge is 0.230 e. The third-order valence-electron chi connectivity index (χ3n) is 4.92. The van der Waals surface area contributed by atoms with Gasteiger partial charge in [0.05, 0.1) is 18.1 Å². The molecule has 3 heterocycles. The van der Waals surface area contributed by atoms with E-state index in [-0.39, 0.29) is 24.0 Å². The number of carbonyl (C=O) groups is 1. The zero-order chi connectivity index (χ0) is 17.2. The van der Waals surface area contributed by atoms with Gasteiger partial charge in [0.25, 0.3) is 0 Å². The van der Waals surface area contributed by atoms with E-state index >= 15 is 0 Å². The second kappa shape index (κ2) is 6.80. The van der Waals surface area contributed by atoms with E-state index in [2.05, 4.69) is 27.1 Å². The molecule has 6 heteroatoms. The Labute approximate surface area is 147 Å². The molecule has 2 aromatic rings. The van der Waals surface area contributed by atoms with Gasteiger partial charge in [0.15, 0.2) is 0 Å². The first-order chi connectivity index (χ1) is 12.2. The molecule has 6 nitrogen and oxygen atoms in total. The molecule has 2 bridgehead atoms. The second-order valence-electron chi connectivity index (χ2n) is 6.64. The van der Waals surface area contributed by atoms with Crippen LogP contribution in [0.2, 0.25) is 0 Å². The summed E-state index contributed by atoms with van der Waals surface area (Å²) in [5.74, 6) is 0.618. The van der Waals surface area contributed by atoms with E-state index in [9.17, 15) is 4.79 Å². The minimum atomic E-state index is -0.134. The SMILES string of the molecule is CCc1cnc(N2C[C@@H]3C[C@@H](C(=O)Nc4ccccc4)[C@H](C2)O3)nc1. The number of rotatable bonds is 4. The number of ether oxygens (including phenoxy) is 1. The Morgan fingerprint density at radius 2 is 2.00 bits per heavy atom. The second-order valence-corrected chi connectivity index (χ2v) is 6.64. The lowest BCUT2D eigenvalue weighted by molar-refractivity contribution is -0.121. The van der Waals surface area contributed by atoms with Gasteiger partial charge in [-0.15, -0.1) is 0 Å². The van der Waals surface area contributed by atoms with E-state index in [1.807, 2.05) is 42.7 Å². The van der Waals surface area contributed by atoms with Crippen LogP contribution in [0.4, 0.5) is 11.6 Å². The van der Waals surface area contributed by atoms with E-state index in [0.29, 0.717) is 6.54 Å². The molecule has 0 radical (unpaired) electrons. The molecule has 1 N–H and O–H groups in total. The first kappa shape index (κ1) is 16.0. The molecule has 0 spiro atoms. The van der Waals surface area contributed by atoms with Crippen molar-refractivity contribution in [1.29, 1.82) is 0 Å². The average Bonchev–Trinajstić information content (AvgIpc) is 2.96. The largest absolute Gasteiger partial charge is 0.370 e. The molecule has 2 fully saturated rings. The van der Waals surface area contributed by atoms with Crippen LogP contribution in [0, 0.1) is 5.92 Å². The summed E-state index contributed by atoms with van der Waals surface area (Å²) in [5, 5.41) is 3.00. The van der Waals surface area contributed by atoms with Crippen LogP contribution in [0.15, 0.2) is 42.7 Å². The molecule has 0 unspecified atom stereocenters.